The first kappa shape index (κ1) is 12.8. The fraction of sp³-hybridized carbons (Fsp3) is 0.357. The normalized spacial score (nSPS) is 17.8. The number of carboxylic acids is 1. The van der Waals surface area contributed by atoms with Crippen molar-refractivity contribution in [3.63, 3.8) is 0 Å². The zero-order chi connectivity index (χ0) is 14.1. The number of hydrogen-bond donors (Lipinski definition) is 1. The van der Waals surface area contributed by atoms with Gasteiger partial charge in [0.1, 0.15) is 11.6 Å². The monoisotopic (exact) mass is 275 g/mol. The number of aryl methyl sites for hydroxylation is 1. The molecule has 1 atom stereocenters. The van der Waals surface area contributed by atoms with Crippen molar-refractivity contribution in [1.29, 1.82) is 0 Å². The van der Waals surface area contributed by atoms with Crippen molar-refractivity contribution in [2.24, 2.45) is 0 Å². The van der Waals surface area contributed by atoms with Crippen molar-refractivity contribution in [3.05, 3.63) is 47.3 Å². The molecule has 1 aromatic heterocycles. The highest BCUT2D eigenvalue weighted by Gasteiger charge is 2.28. The number of carbonyl (C=O) groups is 1. The van der Waals surface area contributed by atoms with E-state index in [2.05, 4.69) is 10.1 Å². The van der Waals surface area contributed by atoms with Crippen molar-refractivity contribution < 1.29 is 14.3 Å². The second kappa shape index (κ2) is 5.03. The molecular formula is C14H14FN3O2. The van der Waals surface area contributed by atoms with Gasteiger partial charge in [-0.1, -0.05) is 12.1 Å². The Kier molecular flexibility index (Phi) is 3.22. The molecule has 1 aliphatic rings. The number of hydrogen-bond acceptors (Lipinski definition) is 3. The molecule has 2 aromatic rings. The van der Waals surface area contributed by atoms with Gasteiger partial charge in [-0.2, -0.15) is 5.10 Å². The summed E-state index contributed by atoms with van der Waals surface area (Å²) in [6, 6.07) is 5.63. The number of aliphatic carboxylic acids is 1. The summed E-state index contributed by atoms with van der Waals surface area (Å²) in [5, 5.41) is 13.5. The molecule has 20 heavy (non-hydrogen) atoms. The average molecular weight is 275 g/mol. The number of nitrogens with zero attached hydrogens (tertiary/aromatic N) is 3. The lowest BCUT2D eigenvalue weighted by Gasteiger charge is -2.19. The van der Waals surface area contributed by atoms with E-state index in [4.69, 9.17) is 0 Å². The quantitative estimate of drug-likeness (QED) is 0.930. The minimum atomic E-state index is -0.881. The molecule has 6 heteroatoms. The van der Waals surface area contributed by atoms with Gasteiger partial charge in [-0.25, -0.2) is 18.9 Å². The molecule has 3 rings (SSSR count). The van der Waals surface area contributed by atoms with Crippen LogP contribution in [0.15, 0.2) is 24.3 Å². The molecule has 0 amide bonds. The summed E-state index contributed by atoms with van der Waals surface area (Å²) < 4.78 is 14.6. The van der Waals surface area contributed by atoms with Crippen molar-refractivity contribution >= 4 is 5.97 Å². The van der Waals surface area contributed by atoms with Gasteiger partial charge < -0.3 is 5.11 Å². The molecule has 0 fully saturated rings. The van der Waals surface area contributed by atoms with Crippen LogP contribution in [0.4, 0.5) is 4.39 Å². The lowest BCUT2D eigenvalue weighted by molar-refractivity contribution is -0.141. The Labute approximate surface area is 115 Å². The highest BCUT2D eigenvalue weighted by molar-refractivity contribution is 5.71. The Morgan fingerprint density at radius 2 is 2.35 bits per heavy atom. The molecular weight excluding hydrogens is 261 g/mol. The third-order valence-corrected chi connectivity index (χ3v) is 3.46. The molecule has 1 unspecified atom stereocenters. The minimum absolute atomic E-state index is 0.296. The lowest BCUT2D eigenvalue weighted by atomic mass is 10.1. The molecule has 1 aliphatic heterocycles. The molecule has 2 heterocycles. The van der Waals surface area contributed by atoms with E-state index in [9.17, 15) is 14.3 Å². The summed E-state index contributed by atoms with van der Waals surface area (Å²) in [4.78, 5) is 15.6. The van der Waals surface area contributed by atoms with E-state index in [-0.39, 0.29) is 5.82 Å². The molecule has 0 saturated heterocycles. The maximum Gasteiger partial charge on any atom is 0.328 e. The van der Waals surface area contributed by atoms with Crippen LogP contribution in [-0.2, 0) is 17.6 Å². The molecule has 1 aromatic carbocycles. The molecule has 0 saturated carbocycles. The number of halogens is 1. The first-order valence-corrected chi connectivity index (χ1v) is 6.55. The Morgan fingerprint density at radius 1 is 1.50 bits per heavy atom. The Balaban J connectivity index is 1.87. The minimum Gasteiger partial charge on any atom is -0.480 e. The van der Waals surface area contributed by atoms with E-state index in [0.717, 1.165) is 18.4 Å². The van der Waals surface area contributed by atoms with Gasteiger partial charge in [0.05, 0.1) is 0 Å². The average Bonchev–Trinajstić information content (AvgIpc) is 2.80. The third kappa shape index (κ3) is 2.41. The van der Waals surface area contributed by atoms with E-state index in [0.29, 0.717) is 24.5 Å². The van der Waals surface area contributed by atoms with Gasteiger partial charge in [-0.3, -0.25) is 0 Å². The van der Waals surface area contributed by atoms with Crippen LogP contribution in [-0.4, -0.2) is 25.8 Å². The van der Waals surface area contributed by atoms with E-state index in [1.165, 1.54) is 16.8 Å². The molecule has 0 radical (unpaired) electrons. The summed E-state index contributed by atoms with van der Waals surface area (Å²) >= 11 is 0. The molecule has 104 valence electrons. The second-order valence-corrected chi connectivity index (χ2v) is 4.94. The zero-order valence-electron chi connectivity index (χ0n) is 10.8. The van der Waals surface area contributed by atoms with Gasteiger partial charge in [0, 0.05) is 12.8 Å². The van der Waals surface area contributed by atoms with Gasteiger partial charge in [0.15, 0.2) is 11.9 Å². The van der Waals surface area contributed by atoms with Crippen LogP contribution < -0.4 is 0 Å². The van der Waals surface area contributed by atoms with E-state index in [1.54, 1.807) is 12.1 Å². The summed E-state index contributed by atoms with van der Waals surface area (Å²) in [5.41, 5.74) is 0.778. The lowest BCUT2D eigenvalue weighted by Crippen LogP contribution is -2.26. The van der Waals surface area contributed by atoms with Crippen LogP contribution in [0, 0.1) is 5.82 Å². The van der Waals surface area contributed by atoms with Crippen molar-refractivity contribution in [1.82, 2.24) is 14.8 Å². The van der Waals surface area contributed by atoms with Crippen molar-refractivity contribution in [2.75, 3.05) is 0 Å². The maximum absolute atomic E-state index is 13.1. The van der Waals surface area contributed by atoms with E-state index < -0.39 is 12.0 Å². The van der Waals surface area contributed by atoms with Crippen LogP contribution in [0.2, 0.25) is 0 Å². The Bertz CT molecular complexity index is 654. The first-order valence-electron chi connectivity index (χ1n) is 6.55. The second-order valence-electron chi connectivity index (χ2n) is 4.94. The maximum atomic E-state index is 13.1. The van der Waals surface area contributed by atoms with Crippen LogP contribution in [0.5, 0.6) is 0 Å². The highest BCUT2D eigenvalue weighted by Crippen LogP contribution is 2.23. The fourth-order valence-electron chi connectivity index (χ4n) is 2.53. The number of benzene rings is 1. The van der Waals surface area contributed by atoms with Gasteiger partial charge in [0.25, 0.3) is 0 Å². The van der Waals surface area contributed by atoms with Crippen molar-refractivity contribution in [3.8, 4) is 0 Å². The SMILES string of the molecule is O=C(O)C1CCCc2nc(Cc3cccc(F)c3)nn21. The first-order chi connectivity index (χ1) is 9.63. The van der Waals surface area contributed by atoms with Gasteiger partial charge >= 0.3 is 5.97 Å². The van der Waals surface area contributed by atoms with Crippen LogP contribution >= 0.6 is 0 Å². The molecule has 0 spiro atoms. The molecule has 0 aliphatic carbocycles. The van der Waals surface area contributed by atoms with E-state index >= 15 is 0 Å². The Hall–Kier alpha value is -2.24. The van der Waals surface area contributed by atoms with E-state index in [1.807, 2.05) is 0 Å². The van der Waals surface area contributed by atoms with Crippen LogP contribution in [0.3, 0.4) is 0 Å². The smallest absolute Gasteiger partial charge is 0.328 e. The molecule has 1 N–H and O–H groups in total. The number of carboxylic acid groups (broad SMARTS) is 1. The molecule has 0 bridgehead atoms. The fourth-order valence-corrected chi connectivity index (χ4v) is 2.53. The summed E-state index contributed by atoms with van der Waals surface area (Å²) in [6.07, 6.45) is 2.52. The largest absolute Gasteiger partial charge is 0.480 e. The number of fused-ring (bicyclic) bond motifs is 1. The van der Waals surface area contributed by atoms with Crippen molar-refractivity contribution in [2.45, 2.75) is 31.7 Å². The molecule has 5 nitrogen and oxygen atoms in total. The topological polar surface area (TPSA) is 68.0 Å². The predicted molar refractivity (Wildman–Crippen MR) is 68.8 cm³/mol. The Morgan fingerprint density at radius 3 is 3.10 bits per heavy atom. The highest BCUT2D eigenvalue weighted by atomic mass is 19.1. The number of rotatable bonds is 3. The third-order valence-electron chi connectivity index (χ3n) is 3.46. The van der Waals surface area contributed by atoms with Crippen LogP contribution in [0.1, 0.15) is 36.1 Å². The van der Waals surface area contributed by atoms with Gasteiger partial charge in [-0.05, 0) is 30.5 Å². The van der Waals surface area contributed by atoms with Gasteiger partial charge in [-0.15, -0.1) is 0 Å². The van der Waals surface area contributed by atoms with Gasteiger partial charge in [0.2, 0.25) is 0 Å². The summed E-state index contributed by atoms with van der Waals surface area (Å²) in [6.45, 7) is 0. The summed E-state index contributed by atoms with van der Waals surface area (Å²) in [5.74, 6) is 0.0665. The van der Waals surface area contributed by atoms with Crippen LogP contribution in [0.25, 0.3) is 0 Å². The summed E-state index contributed by atoms with van der Waals surface area (Å²) in [7, 11) is 0. The number of aromatic nitrogens is 3. The standard InChI is InChI=1S/C14H14FN3O2/c15-10-4-1-3-9(7-10)8-12-16-13-6-2-5-11(14(19)20)18(13)17-12/h1,3-4,7,11H,2,5-6,8H2,(H,19,20). The predicted octanol–water partition coefficient (Wildman–Crippen LogP) is 1.97. The zero-order valence-corrected chi connectivity index (χ0v) is 10.8.